The minimum absolute atomic E-state index is 0.241. The molecule has 1 N–H and O–H groups in total. The molecule has 3 rings (SSSR count). The summed E-state index contributed by atoms with van der Waals surface area (Å²) in [7, 11) is 0. The van der Waals surface area contributed by atoms with Crippen LogP contribution in [0.25, 0.3) is 0 Å². The molecule has 0 radical (unpaired) electrons. The molecule has 7 heteroatoms. The summed E-state index contributed by atoms with van der Waals surface area (Å²) in [6.07, 6.45) is 3.48. The average molecular weight is 357 g/mol. The smallest absolute Gasteiger partial charge is 0.259 e. The third kappa shape index (κ3) is 3.93. The fourth-order valence-corrected chi connectivity index (χ4v) is 3.59. The van der Waals surface area contributed by atoms with E-state index >= 15 is 0 Å². The molecule has 1 amide bonds. The average Bonchev–Trinajstić information content (AvgIpc) is 2.96. The molecule has 0 bridgehead atoms. The SMILES string of the molecule is CSc1sc(NC(=O)c2ccc(Oc3ccccc3)nc2)nc1C. The molecule has 0 saturated heterocycles. The summed E-state index contributed by atoms with van der Waals surface area (Å²) in [6, 6.07) is 12.7. The van der Waals surface area contributed by atoms with Crippen molar-refractivity contribution in [1.82, 2.24) is 9.97 Å². The number of thioether (sulfide) groups is 1. The van der Waals surface area contributed by atoms with E-state index < -0.39 is 0 Å². The number of hydrogen-bond donors (Lipinski definition) is 1. The third-order valence-electron chi connectivity index (χ3n) is 3.12. The number of hydrogen-bond acceptors (Lipinski definition) is 6. The topological polar surface area (TPSA) is 64.1 Å². The van der Waals surface area contributed by atoms with Gasteiger partial charge in [-0.05, 0) is 31.4 Å². The second-order valence-corrected chi connectivity index (χ2v) is 6.92. The molecule has 0 aliphatic carbocycles. The molecule has 3 aromatic rings. The van der Waals surface area contributed by atoms with Crippen LogP contribution in [0.2, 0.25) is 0 Å². The Balaban J connectivity index is 1.67. The molecule has 5 nitrogen and oxygen atoms in total. The van der Waals surface area contributed by atoms with Gasteiger partial charge in [-0.1, -0.05) is 29.5 Å². The maximum absolute atomic E-state index is 12.3. The molecule has 0 atom stereocenters. The number of carbonyl (C=O) groups is 1. The summed E-state index contributed by atoms with van der Waals surface area (Å²) < 4.78 is 6.70. The Bertz CT molecular complexity index is 833. The number of nitrogens with zero attached hydrogens (tertiary/aromatic N) is 2. The first-order valence-corrected chi connectivity index (χ1v) is 9.21. The molecule has 0 fully saturated rings. The van der Waals surface area contributed by atoms with Gasteiger partial charge in [0.1, 0.15) is 5.75 Å². The van der Waals surface area contributed by atoms with Crippen LogP contribution in [0, 0.1) is 6.92 Å². The number of rotatable bonds is 5. The molecule has 2 heterocycles. The highest BCUT2D eigenvalue weighted by Gasteiger charge is 2.12. The summed E-state index contributed by atoms with van der Waals surface area (Å²) in [5, 5.41) is 3.39. The van der Waals surface area contributed by atoms with Crippen molar-refractivity contribution in [1.29, 1.82) is 0 Å². The van der Waals surface area contributed by atoms with E-state index in [2.05, 4.69) is 15.3 Å². The molecule has 24 heavy (non-hydrogen) atoms. The van der Waals surface area contributed by atoms with Gasteiger partial charge in [0.25, 0.3) is 5.91 Å². The van der Waals surface area contributed by atoms with Crippen molar-refractivity contribution in [3.63, 3.8) is 0 Å². The third-order valence-corrected chi connectivity index (χ3v) is 5.41. The van der Waals surface area contributed by atoms with Crippen molar-refractivity contribution in [3.05, 3.63) is 59.9 Å². The zero-order valence-electron chi connectivity index (χ0n) is 13.1. The molecule has 0 saturated carbocycles. The normalized spacial score (nSPS) is 10.4. The fourth-order valence-electron chi connectivity index (χ4n) is 1.98. The first-order valence-electron chi connectivity index (χ1n) is 7.17. The number of anilines is 1. The van der Waals surface area contributed by atoms with Gasteiger partial charge in [-0.2, -0.15) is 0 Å². The van der Waals surface area contributed by atoms with Crippen LogP contribution in [-0.4, -0.2) is 22.1 Å². The molecule has 122 valence electrons. The summed E-state index contributed by atoms with van der Waals surface area (Å²) in [5.74, 6) is 0.896. The number of pyridine rings is 1. The van der Waals surface area contributed by atoms with Crippen LogP contribution in [0.4, 0.5) is 5.13 Å². The Hall–Kier alpha value is -2.38. The van der Waals surface area contributed by atoms with E-state index in [1.807, 2.05) is 43.5 Å². The van der Waals surface area contributed by atoms with Crippen molar-refractivity contribution in [2.75, 3.05) is 11.6 Å². The molecule has 2 aromatic heterocycles. The van der Waals surface area contributed by atoms with Crippen molar-refractivity contribution in [2.24, 2.45) is 0 Å². The van der Waals surface area contributed by atoms with Gasteiger partial charge >= 0.3 is 0 Å². The molecule has 0 aliphatic rings. The predicted molar refractivity (Wildman–Crippen MR) is 97.3 cm³/mol. The number of thiazole rings is 1. The Labute approximate surface area is 148 Å². The standard InChI is InChI=1S/C17H15N3O2S2/c1-11-16(23-2)24-17(19-11)20-15(21)12-8-9-14(18-10-12)22-13-6-4-3-5-7-13/h3-10H,1-2H3,(H,19,20,21). The van der Waals surface area contributed by atoms with Crippen LogP contribution in [0.1, 0.15) is 16.1 Å². The Kier molecular flexibility index (Phi) is 5.12. The second kappa shape index (κ2) is 7.46. The maximum atomic E-state index is 12.3. The number of amides is 1. The van der Waals surface area contributed by atoms with E-state index in [-0.39, 0.29) is 5.91 Å². The predicted octanol–water partition coefficient (Wildman–Crippen LogP) is 4.61. The highest BCUT2D eigenvalue weighted by Crippen LogP contribution is 2.30. The Morgan fingerprint density at radius 3 is 2.62 bits per heavy atom. The minimum Gasteiger partial charge on any atom is -0.439 e. The summed E-state index contributed by atoms with van der Waals surface area (Å²) >= 11 is 3.08. The lowest BCUT2D eigenvalue weighted by molar-refractivity contribution is 0.102. The van der Waals surface area contributed by atoms with Gasteiger partial charge < -0.3 is 4.74 Å². The van der Waals surface area contributed by atoms with Crippen LogP contribution in [0.5, 0.6) is 11.6 Å². The zero-order valence-corrected chi connectivity index (χ0v) is 14.8. The van der Waals surface area contributed by atoms with E-state index in [1.165, 1.54) is 17.5 Å². The van der Waals surface area contributed by atoms with E-state index in [9.17, 15) is 4.79 Å². The Morgan fingerprint density at radius 1 is 1.21 bits per heavy atom. The largest absolute Gasteiger partial charge is 0.439 e. The second-order valence-electron chi connectivity index (χ2n) is 4.85. The van der Waals surface area contributed by atoms with E-state index in [4.69, 9.17) is 4.74 Å². The van der Waals surface area contributed by atoms with Crippen molar-refractivity contribution in [3.8, 4) is 11.6 Å². The van der Waals surface area contributed by atoms with Crippen LogP contribution < -0.4 is 10.1 Å². The maximum Gasteiger partial charge on any atom is 0.259 e. The monoisotopic (exact) mass is 357 g/mol. The molecular weight excluding hydrogens is 342 g/mol. The molecular formula is C17H15N3O2S2. The lowest BCUT2D eigenvalue weighted by atomic mass is 10.3. The van der Waals surface area contributed by atoms with Crippen LogP contribution in [0.3, 0.4) is 0 Å². The van der Waals surface area contributed by atoms with Gasteiger partial charge in [-0.3, -0.25) is 10.1 Å². The van der Waals surface area contributed by atoms with Gasteiger partial charge in [-0.25, -0.2) is 9.97 Å². The highest BCUT2D eigenvalue weighted by atomic mass is 32.2. The fraction of sp³-hybridized carbons (Fsp3) is 0.118. The molecule has 1 aromatic carbocycles. The molecule has 0 spiro atoms. The number of aryl methyl sites for hydroxylation is 1. The summed E-state index contributed by atoms with van der Waals surface area (Å²) in [4.78, 5) is 20.8. The van der Waals surface area contributed by atoms with Crippen molar-refractivity contribution < 1.29 is 9.53 Å². The van der Waals surface area contributed by atoms with Gasteiger partial charge in [0.15, 0.2) is 5.13 Å². The van der Waals surface area contributed by atoms with Crippen LogP contribution in [-0.2, 0) is 0 Å². The van der Waals surface area contributed by atoms with Gasteiger partial charge in [0.2, 0.25) is 5.88 Å². The number of aromatic nitrogens is 2. The first-order chi connectivity index (χ1) is 11.7. The number of benzene rings is 1. The van der Waals surface area contributed by atoms with Gasteiger partial charge in [0.05, 0.1) is 15.5 Å². The number of nitrogens with one attached hydrogen (secondary N) is 1. The minimum atomic E-state index is -0.241. The van der Waals surface area contributed by atoms with Gasteiger partial charge in [0, 0.05) is 12.3 Å². The summed E-state index contributed by atoms with van der Waals surface area (Å²) in [6.45, 7) is 1.93. The van der Waals surface area contributed by atoms with Gasteiger partial charge in [-0.15, -0.1) is 11.8 Å². The van der Waals surface area contributed by atoms with Crippen LogP contribution in [0.15, 0.2) is 52.9 Å². The lowest BCUT2D eigenvalue weighted by Gasteiger charge is -2.05. The summed E-state index contributed by atoms with van der Waals surface area (Å²) in [5.41, 5.74) is 1.38. The van der Waals surface area contributed by atoms with Crippen molar-refractivity contribution >= 4 is 34.1 Å². The molecule has 0 unspecified atom stereocenters. The number of para-hydroxylation sites is 1. The van der Waals surface area contributed by atoms with E-state index in [0.717, 1.165) is 9.90 Å². The first kappa shape index (κ1) is 16.5. The van der Waals surface area contributed by atoms with E-state index in [0.29, 0.717) is 22.3 Å². The molecule has 0 aliphatic heterocycles. The van der Waals surface area contributed by atoms with Crippen LogP contribution >= 0.6 is 23.1 Å². The van der Waals surface area contributed by atoms with Crippen molar-refractivity contribution in [2.45, 2.75) is 11.1 Å². The Morgan fingerprint density at radius 2 is 2.00 bits per heavy atom. The number of ether oxygens (including phenoxy) is 1. The number of carbonyl (C=O) groups excluding carboxylic acids is 1. The van der Waals surface area contributed by atoms with E-state index in [1.54, 1.807) is 23.9 Å². The zero-order chi connectivity index (χ0) is 16.9. The highest BCUT2D eigenvalue weighted by molar-refractivity contribution is 8.00. The lowest BCUT2D eigenvalue weighted by Crippen LogP contribution is -2.12. The quantitative estimate of drug-likeness (QED) is 0.675.